The first-order valence-electron chi connectivity index (χ1n) is 6.61. The first-order chi connectivity index (χ1) is 10.7. The number of rotatable bonds is 4. The lowest BCUT2D eigenvalue weighted by atomic mass is 10.2. The molecule has 0 aliphatic carbocycles. The van der Waals surface area contributed by atoms with Crippen molar-refractivity contribution in [3.05, 3.63) is 71.0 Å². The highest BCUT2D eigenvalue weighted by atomic mass is 32.1. The normalized spacial score (nSPS) is 10.9. The molecule has 3 aromatic rings. The summed E-state index contributed by atoms with van der Waals surface area (Å²) in [5, 5.41) is 10.00. The molecule has 2 heterocycles. The highest BCUT2D eigenvalue weighted by molar-refractivity contribution is 7.17. The third-order valence-corrected chi connectivity index (χ3v) is 4.10. The largest absolute Gasteiger partial charge is 0.477 e. The van der Waals surface area contributed by atoms with Gasteiger partial charge >= 0.3 is 5.97 Å². The molecule has 5 heteroatoms. The predicted octanol–water partition coefficient (Wildman–Crippen LogP) is 4.07. The van der Waals surface area contributed by atoms with Crippen molar-refractivity contribution in [1.29, 1.82) is 0 Å². The fourth-order valence-corrected chi connectivity index (χ4v) is 2.83. The van der Waals surface area contributed by atoms with Crippen molar-refractivity contribution in [2.45, 2.75) is 0 Å². The van der Waals surface area contributed by atoms with Gasteiger partial charge in [-0.2, -0.15) is 0 Å². The van der Waals surface area contributed by atoms with Crippen LogP contribution in [0, 0.1) is 0 Å². The lowest BCUT2D eigenvalue weighted by molar-refractivity contribution is 0.0701. The number of hydrogen-bond donors (Lipinski definition) is 1. The summed E-state index contributed by atoms with van der Waals surface area (Å²) in [5.41, 5.74) is 2.27. The maximum Gasteiger partial charge on any atom is 0.348 e. The maximum atomic E-state index is 11.4. The van der Waals surface area contributed by atoms with Crippen LogP contribution in [0.2, 0.25) is 0 Å². The molecule has 3 rings (SSSR count). The minimum absolute atomic E-state index is 0.228. The molecule has 0 fully saturated rings. The molecule has 0 saturated carbocycles. The molecular weight excluding hydrogens is 296 g/mol. The van der Waals surface area contributed by atoms with Crippen LogP contribution in [0.25, 0.3) is 22.7 Å². The zero-order valence-electron chi connectivity index (χ0n) is 11.5. The molecule has 0 aliphatic rings. The molecule has 4 nitrogen and oxygen atoms in total. The number of hydrogen-bond acceptors (Lipinski definition) is 4. The van der Waals surface area contributed by atoms with E-state index < -0.39 is 5.97 Å². The van der Waals surface area contributed by atoms with E-state index in [9.17, 15) is 9.90 Å². The van der Waals surface area contributed by atoms with Crippen molar-refractivity contribution in [3.8, 4) is 10.6 Å². The van der Waals surface area contributed by atoms with E-state index in [1.807, 2.05) is 42.5 Å². The zero-order chi connectivity index (χ0) is 15.4. The molecular formula is C17H12N2O2S. The smallest absolute Gasteiger partial charge is 0.348 e. The first kappa shape index (κ1) is 14.2. The number of pyridine rings is 1. The molecule has 0 aliphatic heterocycles. The minimum Gasteiger partial charge on any atom is -0.477 e. The quantitative estimate of drug-likeness (QED) is 0.789. The summed E-state index contributed by atoms with van der Waals surface area (Å²) in [6, 6.07) is 13.4. The van der Waals surface area contributed by atoms with Gasteiger partial charge in [-0.1, -0.05) is 36.4 Å². The molecule has 0 bridgehead atoms. The Kier molecular flexibility index (Phi) is 4.07. The molecule has 0 radical (unpaired) electrons. The van der Waals surface area contributed by atoms with Gasteiger partial charge in [0.15, 0.2) is 0 Å². The van der Waals surface area contributed by atoms with Crippen LogP contribution in [0.1, 0.15) is 20.9 Å². The van der Waals surface area contributed by atoms with Gasteiger partial charge in [0.1, 0.15) is 9.88 Å². The number of thiazole rings is 1. The summed E-state index contributed by atoms with van der Waals surface area (Å²) in [4.78, 5) is 20.1. The van der Waals surface area contributed by atoms with Crippen molar-refractivity contribution in [3.63, 3.8) is 0 Å². The Labute approximate surface area is 131 Å². The first-order valence-corrected chi connectivity index (χ1v) is 7.43. The molecule has 22 heavy (non-hydrogen) atoms. The van der Waals surface area contributed by atoms with Gasteiger partial charge in [0.2, 0.25) is 0 Å². The molecule has 1 aromatic carbocycles. The van der Waals surface area contributed by atoms with Gasteiger partial charge in [0.05, 0.1) is 5.69 Å². The lowest BCUT2D eigenvalue weighted by Crippen LogP contribution is -1.94. The average molecular weight is 308 g/mol. The second-order valence-corrected chi connectivity index (χ2v) is 5.52. The fourth-order valence-electron chi connectivity index (χ4n) is 1.95. The summed E-state index contributed by atoms with van der Waals surface area (Å²) in [7, 11) is 0. The van der Waals surface area contributed by atoms with E-state index in [2.05, 4.69) is 9.97 Å². The minimum atomic E-state index is -0.972. The van der Waals surface area contributed by atoms with E-state index in [-0.39, 0.29) is 4.88 Å². The number of aromatic carboxylic acids is 1. The van der Waals surface area contributed by atoms with Crippen molar-refractivity contribution >= 4 is 29.5 Å². The Morgan fingerprint density at radius 2 is 1.91 bits per heavy atom. The highest BCUT2D eigenvalue weighted by Gasteiger charge is 2.16. The zero-order valence-corrected chi connectivity index (χ0v) is 12.3. The Morgan fingerprint density at radius 3 is 2.59 bits per heavy atom. The van der Waals surface area contributed by atoms with Crippen molar-refractivity contribution in [1.82, 2.24) is 9.97 Å². The van der Waals surface area contributed by atoms with Crippen LogP contribution in [0.4, 0.5) is 0 Å². The average Bonchev–Trinajstić information content (AvgIpc) is 2.99. The Hall–Kier alpha value is -2.79. The van der Waals surface area contributed by atoms with Crippen molar-refractivity contribution in [2.75, 3.05) is 0 Å². The maximum absolute atomic E-state index is 11.4. The highest BCUT2D eigenvalue weighted by Crippen LogP contribution is 2.28. The van der Waals surface area contributed by atoms with E-state index >= 15 is 0 Å². The van der Waals surface area contributed by atoms with Crippen LogP contribution in [0.15, 0.2) is 54.9 Å². The van der Waals surface area contributed by atoms with Gasteiger partial charge in [-0.05, 0) is 23.8 Å². The van der Waals surface area contributed by atoms with Crippen LogP contribution in [0.5, 0.6) is 0 Å². The summed E-state index contributed by atoms with van der Waals surface area (Å²) in [6.07, 6.45) is 6.93. The van der Waals surface area contributed by atoms with Gasteiger partial charge in [-0.15, -0.1) is 11.3 Å². The summed E-state index contributed by atoms with van der Waals surface area (Å²) in [6.45, 7) is 0. The number of nitrogens with zero attached hydrogens (tertiary/aromatic N) is 2. The predicted molar refractivity (Wildman–Crippen MR) is 87.7 cm³/mol. The Balaban J connectivity index is 1.98. The summed E-state index contributed by atoms with van der Waals surface area (Å²) < 4.78 is 0. The van der Waals surface area contributed by atoms with Gasteiger partial charge < -0.3 is 5.11 Å². The van der Waals surface area contributed by atoms with Gasteiger partial charge in [-0.25, -0.2) is 9.78 Å². The van der Waals surface area contributed by atoms with Crippen LogP contribution < -0.4 is 0 Å². The summed E-state index contributed by atoms with van der Waals surface area (Å²) >= 11 is 1.15. The van der Waals surface area contributed by atoms with Crippen molar-refractivity contribution in [2.24, 2.45) is 0 Å². The lowest BCUT2D eigenvalue weighted by Gasteiger charge is -1.93. The Bertz CT molecular complexity index is 811. The van der Waals surface area contributed by atoms with E-state index in [1.165, 1.54) is 0 Å². The molecule has 0 saturated heterocycles. The van der Waals surface area contributed by atoms with Crippen LogP contribution in [0.3, 0.4) is 0 Å². The SMILES string of the molecule is O=C(O)c1sc(-c2cccnc2)nc1/C=C/c1ccccc1. The molecule has 2 aromatic heterocycles. The number of aromatic nitrogens is 2. The Morgan fingerprint density at radius 1 is 1.09 bits per heavy atom. The molecule has 0 unspecified atom stereocenters. The fraction of sp³-hybridized carbons (Fsp3) is 0. The van der Waals surface area contributed by atoms with E-state index in [4.69, 9.17) is 0 Å². The van der Waals surface area contributed by atoms with Gasteiger partial charge in [-0.3, -0.25) is 4.98 Å². The van der Waals surface area contributed by atoms with Gasteiger partial charge in [0, 0.05) is 18.0 Å². The van der Waals surface area contributed by atoms with Gasteiger partial charge in [0.25, 0.3) is 0 Å². The third-order valence-electron chi connectivity index (χ3n) is 2.99. The second-order valence-electron chi connectivity index (χ2n) is 4.52. The molecule has 0 amide bonds. The molecule has 1 N–H and O–H groups in total. The van der Waals surface area contributed by atoms with E-state index in [0.29, 0.717) is 10.7 Å². The number of carboxylic acids is 1. The van der Waals surface area contributed by atoms with Crippen LogP contribution in [-0.4, -0.2) is 21.0 Å². The van der Waals surface area contributed by atoms with E-state index in [1.54, 1.807) is 24.5 Å². The number of benzene rings is 1. The van der Waals surface area contributed by atoms with Crippen LogP contribution in [-0.2, 0) is 0 Å². The molecule has 0 spiro atoms. The monoisotopic (exact) mass is 308 g/mol. The van der Waals surface area contributed by atoms with Crippen LogP contribution >= 0.6 is 11.3 Å². The van der Waals surface area contributed by atoms with E-state index in [0.717, 1.165) is 22.5 Å². The molecule has 0 atom stereocenters. The summed E-state index contributed by atoms with van der Waals surface area (Å²) in [5.74, 6) is -0.972. The third kappa shape index (κ3) is 3.10. The number of carbonyl (C=O) groups is 1. The molecule has 108 valence electrons. The van der Waals surface area contributed by atoms with Crippen molar-refractivity contribution < 1.29 is 9.90 Å². The number of carboxylic acid groups (broad SMARTS) is 1. The second kappa shape index (κ2) is 6.32. The topological polar surface area (TPSA) is 63.1 Å². The standard InChI is InChI=1S/C17H12N2O2S/c20-17(21)15-14(9-8-12-5-2-1-3-6-12)19-16(22-15)13-7-4-10-18-11-13/h1-11H,(H,20,21)/b9-8+.